The van der Waals surface area contributed by atoms with Gasteiger partial charge in [0.05, 0.1) is 0 Å². The minimum atomic E-state index is -0.0770. The van der Waals surface area contributed by atoms with Crippen molar-refractivity contribution in [3.8, 4) is 55.6 Å². The highest BCUT2D eigenvalue weighted by atomic mass is 14.4. The molecular formula is C54H40. The molecule has 0 N–H and O–H groups in total. The van der Waals surface area contributed by atoms with Crippen molar-refractivity contribution in [2.45, 2.75) is 38.5 Å². The van der Waals surface area contributed by atoms with Gasteiger partial charge in [-0.05, 0) is 141 Å². The Bertz CT molecular complexity index is 2990. The van der Waals surface area contributed by atoms with Crippen LogP contribution in [0.1, 0.15) is 49.9 Å². The molecule has 0 atom stereocenters. The molecular weight excluding hydrogens is 649 g/mol. The van der Waals surface area contributed by atoms with Crippen LogP contribution in [0, 0.1) is 0 Å². The zero-order chi connectivity index (χ0) is 36.3. The van der Waals surface area contributed by atoms with Crippen LogP contribution in [0.3, 0.4) is 0 Å². The number of benzene rings is 9. The maximum atomic E-state index is 2.52. The highest BCUT2D eigenvalue weighted by molar-refractivity contribution is 6.21. The molecule has 0 aromatic heterocycles. The molecule has 0 amide bonds. The standard InChI is InChI=1S/C54H40/c1-53(2)47-23-12-11-18-39(47)45-31-50-46(32-49(45)53)44-30-36(26-27-48(44)54(50,3)4)35-16-13-17-37(29-35)51-40-19-7-9-21-42(40)52(43-22-10-8-20-41(43)51)38-25-24-33-14-5-6-15-34(33)28-38/h5-32H,1-4H3. The van der Waals surface area contributed by atoms with Gasteiger partial charge in [0.2, 0.25) is 0 Å². The molecule has 0 aliphatic heterocycles. The molecule has 9 aromatic rings. The lowest BCUT2D eigenvalue weighted by molar-refractivity contribution is 0.652. The van der Waals surface area contributed by atoms with Gasteiger partial charge in [-0.25, -0.2) is 0 Å². The Morgan fingerprint density at radius 2 is 0.741 bits per heavy atom. The van der Waals surface area contributed by atoms with E-state index in [0.717, 1.165) is 0 Å². The van der Waals surface area contributed by atoms with E-state index >= 15 is 0 Å². The highest BCUT2D eigenvalue weighted by Crippen LogP contribution is 2.56. The average molecular weight is 689 g/mol. The van der Waals surface area contributed by atoms with E-state index in [2.05, 4.69) is 198 Å². The largest absolute Gasteiger partial charge is 0.0619 e. The van der Waals surface area contributed by atoms with Crippen molar-refractivity contribution in [1.82, 2.24) is 0 Å². The fourth-order valence-corrected chi connectivity index (χ4v) is 10.1. The van der Waals surface area contributed by atoms with E-state index in [1.807, 2.05) is 0 Å². The molecule has 0 radical (unpaired) electrons. The van der Waals surface area contributed by atoms with Gasteiger partial charge < -0.3 is 0 Å². The van der Waals surface area contributed by atoms with Crippen LogP contribution in [0.15, 0.2) is 170 Å². The van der Waals surface area contributed by atoms with E-state index in [4.69, 9.17) is 0 Å². The lowest BCUT2D eigenvalue weighted by atomic mass is 9.79. The van der Waals surface area contributed by atoms with Gasteiger partial charge in [-0.1, -0.05) is 167 Å². The van der Waals surface area contributed by atoms with Gasteiger partial charge in [-0.3, -0.25) is 0 Å². The van der Waals surface area contributed by atoms with Crippen LogP contribution in [0.25, 0.3) is 88.0 Å². The first-order valence-corrected chi connectivity index (χ1v) is 19.3. The summed E-state index contributed by atoms with van der Waals surface area (Å²) in [5, 5.41) is 7.64. The third-order valence-electron chi connectivity index (χ3n) is 12.8. The Balaban J connectivity index is 1.08. The van der Waals surface area contributed by atoms with Gasteiger partial charge in [-0.2, -0.15) is 0 Å². The van der Waals surface area contributed by atoms with E-state index in [1.165, 1.54) is 110 Å². The molecule has 0 saturated carbocycles. The van der Waals surface area contributed by atoms with E-state index in [0.29, 0.717) is 0 Å². The summed E-state index contributed by atoms with van der Waals surface area (Å²) in [6, 6.07) is 63.9. The minimum Gasteiger partial charge on any atom is -0.0619 e. The second-order valence-electron chi connectivity index (χ2n) is 16.5. The molecule has 9 aromatic carbocycles. The summed E-state index contributed by atoms with van der Waals surface area (Å²) < 4.78 is 0. The van der Waals surface area contributed by atoms with Gasteiger partial charge in [-0.15, -0.1) is 0 Å². The first-order valence-electron chi connectivity index (χ1n) is 19.3. The molecule has 256 valence electrons. The van der Waals surface area contributed by atoms with Crippen molar-refractivity contribution in [2.75, 3.05) is 0 Å². The van der Waals surface area contributed by atoms with Gasteiger partial charge in [0.25, 0.3) is 0 Å². The summed E-state index contributed by atoms with van der Waals surface area (Å²) in [5.41, 5.74) is 18.7. The molecule has 0 unspecified atom stereocenters. The third kappa shape index (κ3) is 4.32. The first-order chi connectivity index (χ1) is 26.3. The molecule has 0 saturated heterocycles. The summed E-state index contributed by atoms with van der Waals surface area (Å²) >= 11 is 0. The molecule has 0 nitrogen and oxygen atoms in total. The zero-order valence-corrected chi connectivity index (χ0v) is 31.2. The quantitative estimate of drug-likeness (QED) is 0.162. The van der Waals surface area contributed by atoms with Crippen molar-refractivity contribution in [2.24, 2.45) is 0 Å². The van der Waals surface area contributed by atoms with Crippen LogP contribution in [-0.2, 0) is 10.8 Å². The minimum absolute atomic E-state index is 0.0325. The summed E-state index contributed by atoms with van der Waals surface area (Å²) in [4.78, 5) is 0. The van der Waals surface area contributed by atoms with Crippen LogP contribution in [0.2, 0.25) is 0 Å². The van der Waals surface area contributed by atoms with Gasteiger partial charge in [0, 0.05) is 10.8 Å². The lowest BCUT2D eigenvalue weighted by Crippen LogP contribution is -2.16. The molecule has 0 spiro atoms. The topological polar surface area (TPSA) is 0 Å². The molecule has 0 bridgehead atoms. The molecule has 0 heteroatoms. The van der Waals surface area contributed by atoms with Crippen molar-refractivity contribution in [1.29, 1.82) is 0 Å². The monoisotopic (exact) mass is 688 g/mol. The van der Waals surface area contributed by atoms with Crippen molar-refractivity contribution >= 4 is 32.3 Å². The SMILES string of the molecule is CC1(C)c2ccccc2-c2cc3c(cc21)-c1cc(-c2cccc(-c4c5ccccc5c(-c5ccc6ccccc6c5)c5ccccc45)c2)ccc1C3(C)C. The molecule has 0 heterocycles. The van der Waals surface area contributed by atoms with Crippen LogP contribution < -0.4 is 0 Å². The predicted octanol–water partition coefficient (Wildman–Crippen LogP) is 14.8. The zero-order valence-electron chi connectivity index (χ0n) is 31.2. The Hall–Kier alpha value is -6.24. The Labute approximate surface area is 317 Å². The van der Waals surface area contributed by atoms with Crippen LogP contribution in [0.4, 0.5) is 0 Å². The molecule has 0 fully saturated rings. The van der Waals surface area contributed by atoms with Gasteiger partial charge >= 0.3 is 0 Å². The smallest absolute Gasteiger partial charge is 0.0159 e. The molecule has 2 aliphatic carbocycles. The number of hydrogen-bond acceptors (Lipinski definition) is 0. The number of fused-ring (bicyclic) bond motifs is 9. The van der Waals surface area contributed by atoms with Gasteiger partial charge in [0.1, 0.15) is 0 Å². The van der Waals surface area contributed by atoms with E-state index in [9.17, 15) is 0 Å². The number of hydrogen-bond donors (Lipinski definition) is 0. The highest BCUT2D eigenvalue weighted by Gasteiger charge is 2.41. The summed E-state index contributed by atoms with van der Waals surface area (Å²) in [6.07, 6.45) is 0. The fraction of sp³-hybridized carbons (Fsp3) is 0.111. The van der Waals surface area contributed by atoms with Crippen LogP contribution in [0.5, 0.6) is 0 Å². The second-order valence-corrected chi connectivity index (χ2v) is 16.5. The predicted molar refractivity (Wildman–Crippen MR) is 230 cm³/mol. The maximum Gasteiger partial charge on any atom is 0.0159 e. The summed E-state index contributed by atoms with van der Waals surface area (Å²) in [7, 11) is 0. The van der Waals surface area contributed by atoms with Crippen molar-refractivity contribution in [3.63, 3.8) is 0 Å². The first kappa shape index (κ1) is 31.3. The summed E-state index contributed by atoms with van der Waals surface area (Å²) in [6.45, 7) is 9.56. The second kappa shape index (κ2) is 11.1. The van der Waals surface area contributed by atoms with Crippen LogP contribution >= 0.6 is 0 Å². The fourth-order valence-electron chi connectivity index (χ4n) is 10.1. The lowest BCUT2D eigenvalue weighted by Gasteiger charge is -2.24. The van der Waals surface area contributed by atoms with Crippen molar-refractivity contribution in [3.05, 3.63) is 192 Å². The maximum absolute atomic E-state index is 2.52. The molecule has 54 heavy (non-hydrogen) atoms. The molecule has 11 rings (SSSR count). The van der Waals surface area contributed by atoms with E-state index < -0.39 is 0 Å². The Morgan fingerprint density at radius 1 is 0.278 bits per heavy atom. The molecule has 2 aliphatic rings. The van der Waals surface area contributed by atoms with Crippen molar-refractivity contribution < 1.29 is 0 Å². The van der Waals surface area contributed by atoms with E-state index in [1.54, 1.807) is 0 Å². The number of rotatable bonds is 3. The Morgan fingerprint density at radius 3 is 1.41 bits per heavy atom. The van der Waals surface area contributed by atoms with Gasteiger partial charge in [0.15, 0.2) is 0 Å². The normalized spacial score (nSPS) is 14.6. The van der Waals surface area contributed by atoms with E-state index in [-0.39, 0.29) is 10.8 Å². The third-order valence-corrected chi connectivity index (χ3v) is 12.8. The Kier molecular flexibility index (Phi) is 6.46. The summed E-state index contributed by atoms with van der Waals surface area (Å²) in [5.74, 6) is 0. The van der Waals surface area contributed by atoms with Crippen LogP contribution in [-0.4, -0.2) is 0 Å². The average Bonchev–Trinajstić information content (AvgIpc) is 3.57.